The lowest BCUT2D eigenvalue weighted by Crippen LogP contribution is -2.23. The number of nitrogens with zero attached hydrogens (tertiary/aromatic N) is 7. The van der Waals surface area contributed by atoms with Crippen molar-refractivity contribution in [1.82, 2.24) is 14.6 Å². The number of non-ortho nitro benzene ring substituents is 1. The van der Waals surface area contributed by atoms with Crippen molar-refractivity contribution in [2.45, 2.75) is 13.8 Å². The Morgan fingerprint density at radius 1 is 1.02 bits per heavy atom. The third-order valence-electron chi connectivity index (χ3n) is 6.42. The summed E-state index contributed by atoms with van der Waals surface area (Å²) in [6.45, 7) is 3.53. The number of nitro benzene ring substituents is 1. The number of H-pyrrole nitrogens is 1. The molecule has 3 aromatic carbocycles. The lowest BCUT2D eigenvalue weighted by molar-refractivity contribution is -0.384. The molecule has 1 N–H and O–H groups in total. The van der Waals surface area contributed by atoms with Crippen LogP contribution < -0.4 is 5.56 Å². The first-order chi connectivity index (χ1) is 19.8. The van der Waals surface area contributed by atoms with Crippen molar-refractivity contribution in [2.75, 3.05) is 0 Å². The van der Waals surface area contributed by atoms with E-state index in [4.69, 9.17) is 0 Å². The van der Waals surface area contributed by atoms with Crippen LogP contribution in [0.5, 0.6) is 0 Å². The highest BCUT2D eigenvalue weighted by Gasteiger charge is 2.24. The fourth-order valence-corrected chi connectivity index (χ4v) is 4.30. The Labute approximate surface area is 233 Å². The smallest absolute Gasteiger partial charge is 0.291 e. The Morgan fingerprint density at radius 2 is 1.71 bits per heavy atom. The van der Waals surface area contributed by atoms with E-state index in [-0.39, 0.29) is 33.8 Å². The summed E-state index contributed by atoms with van der Waals surface area (Å²) in [5, 5.41) is 36.0. The van der Waals surface area contributed by atoms with Gasteiger partial charge in [0.1, 0.15) is 29.0 Å². The Kier molecular flexibility index (Phi) is 7.01. The van der Waals surface area contributed by atoms with Crippen LogP contribution in [0.25, 0.3) is 22.2 Å². The number of aromatic amines is 1. The maximum atomic E-state index is 13.8. The fraction of sp³-hybridized carbons (Fsp3) is 0.0667. The summed E-state index contributed by atoms with van der Waals surface area (Å²) in [6, 6.07) is 24.0. The van der Waals surface area contributed by atoms with Gasteiger partial charge in [-0.15, -0.1) is 0 Å². The first-order valence-corrected chi connectivity index (χ1v) is 12.3. The zero-order valence-electron chi connectivity index (χ0n) is 21.9. The second kappa shape index (κ2) is 10.9. The largest absolute Gasteiger partial charge is 0.337 e. The molecule has 0 radical (unpaired) electrons. The van der Waals surface area contributed by atoms with E-state index in [1.54, 1.807) is 6.92 Å². The molecule has 0 atom stereocenters. The first-order valence-electron chi connectivity index (χ1n) is 12.3. The van der Waals surface area contributed by atoms with Crippen LogP contribution in [0, 0.1) is 39.7 Å². The molecule has 0 amide bonds. The number of hydrogen-bond acceptors (Lipinski definition) is 8. The zero-order chi connectivity index (χ0) is 29.1. The van der Waals surface area contributed by atoms with Gasteiger partial charge in [0.15, 0.2) is 11.6 Å². The van der Waals surface area contributed by atoms with Gasteiger partial charge in [0.2, 0.25) is 0 Å². The molecule has 0 saturated heterocycles. The van der Waals surface area contributed by atoms with E-state index in [0.717, 1.165) is 21.3 Å². The highest BCUT2D eigenvalue weighted by molar-refractivity contribution is 5.98. The van der Waals surface area contributed by atoms with E-state index in [0.29, 0.717) is 17.1 Å². The third kappa shape index (κ3) is 4.99. The molecule has 11 nitrogen and oxygen atoms in total. The van der Waals surface area contributed by atoms with E-state index in [9.17, 15) is 25.4 Å². The van der Waals surface area contributed by atoms with Gasteiger partial charge in [-0.05, 0) is 54.8 Å². The van der Waals surface area contributed by atoms with Crippen LogP contribution in [0.1, 0.15) is 35.0 Å². The number of nitro groups is 1. The van der Waals surface area contributed by atoms with Gasteiger partial charge in [0.05, 0.1) is 16.0 Å². The van der Waals surface area contributed by atoms with Crippen molar-refractivity contribution in [2.24, 2.45) is 10.1 Å². The second-order valence-electron chi connectivity index (χ2n) is 9.00. The van der Waals surface area contributed by atoms with Crippen LogP contribution >= 0.6 is 0 Å². The van der Waals surface area contributed by atoms with Gasteiger partial charge in [-0.3, -0.25) is 14.9 Å². The number of aromatic nitrogens is 3. The topological polar surface area (TPSA) is 166 Å². The number of fused-ring (bicyclic) bond motifs is 1. The van der Waals surface area contributed by atoms with Crippen molar-refractivity contribution in [1.29, 1.82) is 10.5 Å². The number of hydrogen-bond donors (Lipinski definition) is 1. The maximum absolute atomic E-state index is 13.8. The highest BCUT2D eigenvalue weighted by atomic mass is 16.6. The number of benzene rings is 3. The average molecular weight is 541 g/mol. The van der Waals surface area contributed by atoms with Crippen molar-refractivity contribution in [3.8, 4) is 23.3 Å². The molecule has 198 valence electrons. The third-order valence-corrected chi connectivity index (χ3v) is 6.42. The summed E-state index contributed by atoms with van der Waals surface area (Å²) in [5.74, 6) is 0.284. The second-order valence-corrected chi connectivity index (χ2v) is 9.00. The predicted octanol–water partition coefficient (Wildman–Crippen LogP) is 5.37. The summed E-state index contributed by atoms with van der Waals surface area (Å²) >= 11 is 0. The minimum atomic E-state index is -0.813. The summed E-state index contributed by atoms with van der Waals surface area (Å²) in [7, 11) is 0. The normalized spacial score (nSPS) is 11.5. The molecule has 0 spiro atoms. The van der Waals surface area contributed by atoms with Crippen LogP contribution in [0.3, 0.4) is 0 Å². The highest BCUT2D eigenvalue weighted by Crippen LogP contribution is 2.33. The van der Waals surface area contributed by atoms with Gasteiger partial charge in [-0.25, -0.2) is 9.98 Å². The zero-order valence-corrected chi connectivity index (χ0v) is 21.9. The quantitative estimate of drug-likeness (QED) is 0.172. The molecule has 2 heterocycles. The molecule has 0 saturated carbocycles. The summed E-state index contributed by atoms with van der Waals surface area (Å²) in [6.07, 6.45) is 1.51. The number of aryl methyl sites for hydroxylation is 1. The molecular weight excluding hydrogens is 520 g/mol. The number of nitriles is 2. The van der Waals surface area contributed by atoms with Crippen LogP contribution in [-0.4, -0.2) is 31.5 Å². The number of pyridine rings is 1. The lowest BCUT2D eigenvalue weighted by Gasteiger charge is -2.13. The van der Waals surface area contributed by atoms with E-state index in [1.807, 2.05) is 61.5 Å². The molecule has 0 bridgehead atoms. The molecule has 11 heteroatoms. The Hall–Kier alpha value is -6.20. The Morgan fingerprint density at radius 3 is 2.37 bits per heavy atom. The number of para-hydroxylation sites is 2. The molecule has 5 aromatic rings. The van der Waals surface area contributed by atoms with Crippen LogP contribution in [0.2, 0.25) is 0 Å². The van der Waals surface area contributed by atoms with Crippen LogP contribution in [0.4, 0.5) is 11.5 Å². The standard InChI is InChI=1S/C30H20N8O3/c1-18-7-3-4-8-21(18)17-33-29-23(15-31)27(20-11-13-22(14-12-20)38(40)41)24(16-32)30(39)37(29)36-19(2)28-34-25-9-5-6-10-26(25)35-28/h3-14,17H,1-2H3,(H,34,35)/b33-17?,36-19+. The van der Waals surface area contributed by atoms with E-state index < -0.39 is 10.5 Å². The first kappa shape index (κ1) is 26.4. The van der Waals surface area contributed by atoms with Gasteiger partial charge in [-0.1, -0.05) is 36.4 Å². The molecule has 0 aliphatic carbocycles. The van der Waals surface area contributed by atoms with E-state index in [1.165, 1.54) is 30.5 Å². The van der Waals surface area contributed by atoms with Gasteiger partial charge < -0.3 is 4.98 Å². The van der Waals surface area contributed by atoms with Crippen LogP contribution in [0.15, 0.2) is 87.7 Å². The van der Waals surface area contributed by atoms with Gasteiger partial charge >= 0.3 is 0 Å². The van der Waals surface area contributed by atoms with E-state index in [2.05, 4.69) is 26.1 Å². The van der Waals surface area contributed by atoms with Crippen molar-refractivity contribution in [3.63, 3.8) is 0 Å². The van der Waals surface area contributed by atoms with E-state index >= 15 is 0 Å². The van der Waals surface area contributed by atoms with Crippen molar-refractivity contribution >= 4 is 34.5 Å². The molecule has 0 aliphatic rings. The molecule has 0 fully saturated rings. The van der Waals surface area contributed by atoms with Crippen LogP contribution in [-0.2, 0) is 0 Å². The minimum absolute atomic E-state index is 0.0136. The molecule has 2 aromatic heterocycles. The molecule has 0 unspecified atom stereocenters. The minimum Gasteiger partial charge on any atom is -0.337 e. The molecule has 41 heavy (non-hydrogen) atoms. The van der Waals surface area contributed by atoms with Crippen molar-refractivity contribution < 1.29 is 4.92 Å². The number of nitrogens with one attached hydrogen (secondary N) is 1. The maximum Gasteiger partial charge on any atom is 0.291 e. The SMILES string of the molecule is C/C(=N\n1c(N=Cc2ccccc2C)c(C#N)c(-c2ccc([N+](=O)[O-])cc2)c(C#N)c1=O)c1nc2ccccc2[nH]1. The summed E-state index contributed by atoms with van der Waals surface area (Å²) in [4.78, 5) is 36.6. The molecular formula is C30H20N8O3. The van der Waals surface area contributed by atoms with Gasteiger partial charge in [0.25, 0.3) is 11.2 Å². The summed E-state index contributed by atoms with van der Waals surface area (Å²) in [5.41, 5.74) is 2.29. The van der Waals surface area contributed by atoms with Gasteiger partial charge in [-0.2, -0.15) is 20.3 Å². The summed E-state index contributed by atoms with van der Waals surface area (Å²) < 4.78 is 0.920. The predicted molar refractivity (Wildman–Crippen MR) is 154 cm³/mol. The lowest BCUT2D eigenvalue weighted by atomic mass is 9.96. The monoisotopic (exact) mass is 540 g/mol. The fourth-order valence-electron chi connectivity index (χ4n) is 4.30. The number of aliphatic imine (C=N–C) groups is 1. The Bertz CT molecular complexity index is 2000. The number of imidazole rings is 1. The number of rotatable bonds is 6. The average Bonchev–Trinajstić information content (AvgIpc) is 3.42. The molecule has 5 rings (SSSR count). The van der Waals surface area contributed by atoms with Crippen molar-refractivity contribution in [3.05, 3.63) is 121 Å². The Balaban J connectivity index is 1.80. The molecule has 0 aliphatic heterocycles. The van der Waals surface area contributed by atoms with Gasteiger partial charge in [0, 0.05) is 23.9 Å².